The quantitative estimate of drug-likeness (QED) is 0.562. The van der Waals surface area contributed by atoms with Gasteiger partial charge in [-0.3, -0.25) is 4.79 Å². The smallest absolute Gasteiger partial charge is 0.150 e. The van der Waals surface area contributed by atoms with Crippen LogP contribution in [0.1, 0.15) is 34.1 Å². The number of hydrogen-bond acceptors (Lipinski definition) is 1. The molecule has 0 saturated carbocycles. The lowest BCUT2D eigenvalue weighted by Crippen LogP contribution is -1.74. The molecule has 0 aromatic rings. The summed E-state index contributed by atoms with van der Waals surface area (Å²) in [7, 11) is 0. The van der Waals surface area contributed by atoms with E-state index in [1.165, 1.54) is 0 Å². The summed E-state index contributed by atoms with van der Waals surface area (Å²) in [6, 6.07) is 0. The highest BCUT2D eigenvalue weighted by Gasteiger charge is 1.86. The summed E-state index contributed by atoms with van der Waals surface area (Å²) < 4.78 is 0. The van der Waals surface area contributed by atoms with Crippen molar-refractivity contribution in [3.8, 4) is 0 Å². The van der Waals surface area contributed by atoms with E-state index >= 15 is 0 Å². The molecule has 1 heteroatoms. The summed E-state index contributed by atoms with van der Waals surface area (Å²) in [6.07, 6.45) is 11.3. The summed E-state index contributed by atoms with van der Waals surface area (Å²) in [6.45, 7) is 8.00. The van der Waals surface area contributed by atoms with Gasteiger partial charge >= 0.3 is 0 Å². The third kappa shape index (κ3) is 8.80. The molecule has 0 atom stereocenters. The van der Waals surface area contributed by atoms with Gasteiger partial charge in [0, 0.05) is 5.57 Å². The molecule has 0 N–H and O–H groups in total. The third-order valence-electron chi connectivity index (χ3n) is 1.14. The highest BCUT2D eigenvalue weighted by molar-refractivity contribution is 5.78. The second-order valence-corrected chi connectivity index (χ2v) is 1.85. The minimum absolute atomic E-state index is 0.740. The van der Waals surface area contributed by atoms with Gasteiger partial charge in [-0.2, -0.15) is 0 Å². The Hall–Kier alpha value is -1.11. The minimum Gasteiger partial charge on any atom is -0.298 e. The van der Waals surface area contributed by atoms with Crippen LogP contribution in [0.5, 0.6) is 0 Å². The van der Waals surface area contributed by atoms with Crippen molar-refractivity contribution in [2.24, 2.45) is 0 Å². The lowest BCUT2D eigenvalue weighted by molar-refractivity contribution is -0.104. The number of allylic oxidation sites excluding steroid dienone is 6. The predicted molar refractivity (Wildman–Crippen MR) is 59.7 cm³/mol. The Balaban J connectivity index is 0. The van der Waals surface area contributed by atoms with Gasteiger partial charge in [0.15, 0.2) is 0 Å². The monoisotopic (exact) mass is 180 g/mol. The van der Waals surface area contributed by atoms with Crippen LogP contribution >= 0.6 is 0 Å². The van der Waals surface area contributed by atoms with Crippen molar-refractivity contribution in [2.45, 2.75) is 34.1 Å². The van der Waals surface area contributed by atoms with Crippen molar-refractivity contribution in [2.75, 3.05) is 0 Å². The van der Waals surface area contributed by atoms with Gasteiger partial charge in [-0.25, -0.2) is 0 Å². The van der Waals surface area contributed by atoms with Crippen LogP contribution in [0.2, 0.25) is 0 Å². The van der Waals surface area contributed by atoms with E-state index in [1.54, 1.807) is 6.08 Å². The van der Waals surface area contributed by atoms with Gasteiger partial charge < -0.3 is 0 Å². The van der Waals surface area contributed by atoms with Crippen molar-refractivity contribution in [3.63, 3.8) is 0 Å². The largest absolute Gasteiger partial charge is 0.298 e. The predicted octanol–water partition coefficient (Wildman–Crippen LogP) is 3.68. The van der Waals surface area contributed by atoms with Crippen molar-refractivity contribution in [3.05, 3.63) is 36.0 Å². The van der Waals surface area contributed by atoms with E-state index in [0.717, 1.165) is 18.3 Å². The first-order chi connectivity index (χ1) is 6.43. The van der Waals surface area contributed by atoms with Gasteiger partial charge in [0.05, 0.1) is 0 Å². The fourth-order valence-electron chi connectivity index (χ4n) is 0.675. The zero-order chi connectivity index (χ0) is 10.5. The molecular weight excluding hydrogens is 160 g/mol. The lowest BCUT2D eigenvalue weighted by Gasteiger charge is -1.80. The Kier molecular flexibility index (Phi) is 14.9. The molecule has 0 fully saturated rings. The molecule has 0 radical (unpaired) electrons. The van der Waals surface area contributed by atoms with Gasteiger partial charge in [-0.1, -0.05) is 58.1 Å². The summed E-state index contributed by atoms with van der Waals surface area (Å²) >= 11 is 0. The Morgan fingerprint density at radius 3 is 2.31 bits per heavy atom. The molecule has 0 bridgehead atoms. The number of rotatable bonds is 1. The number of carbonyl (C=O) groups excluding carboxylic acids is 1. The molecule has 0 saturated heterocycles. The van der Waals surface area contributed by atoms with Gasteiger partial charge in [0.1, 0.15) is 6.29 Å². The van der Waals surface area contributed by atoms with Crippen LogP contribution in [-0.2, 0) is 4.79 Å². The fraction of sp³-hybridized carbons (Fsp3) is 0.417. The molecule has 1 aliphatic rings. The summed E-state index contributed by atoms with van der Waals surface area (Å²) in [4.78, 5) is 10.2. The van der Waals surface area contributed by atoms with Gasteiger partial charge in [-0.15, -0.1) is 0 Å². The number of aldehydes is 1. The molecule has 0 heterocycles. The van der Waals surface area contributed by atoms with Gasteiger partial charge in [0.2, 0.25) is 0 Å². The second-order valence-electron chi connectivity index (χ2n) is 1.85. The van der Waals surface area contributed by atoms with E-state index in [9.17, 15) is 4.79 Å². The Morgan fingerprint density at radius 1 is 1.15 bits per heavy atom. The molecule has 0 aliphatic heterocycles. The topological polar surface area (TPSA) is 17.1 Å². The Bertz CT molecular complexity index is 185. The van der Waals surface area contributed by atoms with Crippen LogP contribution < -0.4 is 0 Å². The number of hydrogen-bond donors (Lipinski definition) is 0. The van der Waals surface area contributed by atoms with Crippen molar-refractivity contribution in [1.82, 2.24) is 0 Å². The van der Waals surface area contributed by atoms with Crippen LogP contribution in [0.15, 0.2) is 36.0 Å². The first-order valence-electron chi connectivity index (χ1n) is 4.92. The Morgan fingerprint density at radius 2 is 1.77 bits per heavy atom. The van der Waals surface area contributed by atoms with Crippen LogP contribution in [0.3, 0.4) is 0 Å². The molecule has 0 aromatic heterocycles. The summed E-state index contributed by atoms with van der Waals surface area (Å²) in [5, 5.41) is 0. The standard InChI is InChI=1S/C8H8O.2C2H6/c9-7-8-5-3-1-2-4-6-8;2*1-2/h1,3-7H,2H2;2*1-2H3. The van der Waals surface area contributed by atoms with E-state index in [0.29, 0.717) is 0 Å². The SMILES string of the molecule is CC.CC.O=CC1=CC=CCC=C1. The van der Waals surface area contributed by atoms with Crippen LogP contribution in [0.25, 0.3) is 0 Å². The highest BCUT2D eigenvalue weighted by atomic mass is 16.1. The maximum Gasteiger partial charge on any atom is 0.150 e. The summed E-state index contributed by atoms with van der Waals surface area (Å²) in [5.41, 5.74) is 0.740. The summed E-state index contributed by atoms with van der Waals surface area (Å²) in [5.74, 6) is 0. The fourth-order valence-corrected chi connectivity index (χ4v) is 0.675. The molecule has 1 nitrogen and oxygen atoms in total. The molecular formula is C12H20O. The average molecular weight is 180 g/mol. The zero-order valence-corrected chi connectivity index (χ0v) is 9.08. The first kappa shape index (κ1) is 14.4. The molecule has 13 heavy (non-hydrogen) atoms. The number of carbonyl (C=O) groups is 1. The second kappa shape index (κ2) is 13.5. The molecule has 0 unspecified atom stereocenters. The lowest BCUT2D eigenvalue weighted by atomic mass is 10.3. The minimum atomic E-state index is 0.740. The van der Waals surface area contributed by atoms with Crippen LogP contribution in [0.4, 0.5) is 0 Å². The molecule has 0 spiro atoms. The highest BCUT2D eigenvalue weighted by Crippen LogP contribution is 2.00. The van der Waals surface area contributed by atoms with Crippen molar-refractivity contribution in [1.29, 1.82) is 0 Å². The van der Waals surface area contributed by atoms with Crippen LogP contribution in [0, 0.1) is 0 Å². The molecule has 1 rings (SSSR count). The maximum absolute atomic E-state index is 10.2. The van der Waals surface area contributed by atoms with Crippen molar-refractivity contribution >= 4 is 6.29 Å². The average Bonchev–Trinajstić information content (AvgIpc) is 2.51. The molecule has 0 amide bonds. The van der Waals surface area contributed by atoms with E-state index in [2.05, 4.69) is 0 Å². The van der Waals surface area contributed by atoms with Crippen LogP contribution in [-0.4, -0.2) is 6.29 Å². The van der Waals surface area contributed by atoms with E-state index in [4.69, 9.17) is 0 Å². The molecule has 0 aromatic carbocycles. The van der Waals surface area contributed by atoms with E-state index in [-0.39, 0.29) is 0 Å². The van der Waals surface area contributed by atoms with Gasteiger partial charge in [-0.05, 0) is 6.42 Å². The molecule has 74 valence electrons. The normalized spacial score (nSPS) is 12.5. The zero-order valence-electron chi connectivity index (χ0n) is 9.08. The van der Waals surface area contributed by atoms with E-state index in [1.807, 2.05) is 52.0 Å². The molecule has 1 aliphatic carbocycles. The first-order valence-corrected chi connectivity index (χ1v) is 4.92. The third-order valence-corrected chi connectivity index (χ3v) is 1.14. The van der Waals surface area contributed by atoms with E-state index < -0.39 is 0 Å². The van der Waals surface area contributed by atoms with Crippen molar-refractivity contribution < 1.29 is 4.79 Å². The van der Waals surface area contributed by atoms with Gasteiger partial charge in [0.25, 0.3) is 0 Å². The Labute approximate surface area is 81.9 Å². The maximum atomic E-state index is 10.2.